The van der Waals surface area contributed by atoms with Gasteiger partial charge in [0.15, 0.2) is 6.10 Å². The maximum absolute atomic E-state index is 12.3. The number of carboxylic acids is 1. The molecule has 6 heteroatoms. The van der Waals surface area contributed by atoms with E-state index in [2.05, 4.69) is 0 Å². The molecule has 1 saturated heterocycles. The third kappa shape index (κ3) is 3.54. The molecule has 2 rings (SSSR count). The predicted molar refractivity (Wildman–Crippen MR) is 71.1 cm³/mol. The van der Waals surface area contributed by atoms with Gasteiger partial charge in [0.05, 0.1) is 13.2 Å². The highest BCUT2D eigenvalue weighted by molar-refractivity contribution is 7.09. The number of rotatable bonds is 4. The van der Waals surface area contributed by atoms with E-state index in [1.165, 1.54) is 4.88 Å². The largest absolute Gasteiger partial charge is 0.479 e. The molecule has 1 amide bonds. The molecule has 1 aromatic heterocycles. The molecule has 1 aliphatic heterocycles. The molecule has 0 spiro atoms. The molecule has 1 N–H and O–H groups in total. The molecule has 2 heterocycles. The van der Waals surface area contributed by atoms with Crippen molar-refractivity contribution in [3.8, 4) is 0 Å². The lowest BCUT2D eigenvalue weighted by atomic mass is 10.0. The number of thiophene rings is 1. The van der Waals surface area contributed by atoms with Crippen LogP contribution in [0, 0.1) is 5.92 Å². The Labute approximate surface area is 115 Å². The summed E-state index contributed by atoms with van der Waals surface area (Å²) in [5.41, 5.74) is 0. The van der Waals surface area contributed by atoms with Gasteiger partial charge in [-0.2, -0.15) is 0 Å². The highest BCUT2D eigenvalue weighted by Gasteiger charge is 2.30. The van der Waals surface area contributed by atoms with Crippen molar-refractivity contribution in [2.24, 2.45) is 5.92 Å². The van der Waals surface area contributed by atoms with Gasteiger partial charge < -0.3 is 14.7 Å². The molecule has 2 atom stereocenters. The van der Waals surface area contributed by atoms with Gasteiger partial charge in [0.2, 0.25) is 5.91 Å². The van der Waals surface area contributed by atoms with Crippen LogP contribution in [0.15, 0.2) is 17.5 Å². The summed E-state index contributed by atoms with van der Waals surface area (Å²) in [6, 6.07) is 3.97. The van der Waals surface area contributed by atoms with Crippen molar-refractivity contribution in [3.05, 3.63) is 22.4 Å². The first-order valence-corrected chi connectivity index (χ1v) is 7.11. The van der Waals surface area contributed by atoms with Gasteiger partial charge in [-0.15, -0.1) is 11.3 Å². The Bertz CT molecular complexity index is 446. The fourth-order valence-electron chi connectivity index (χ4n) is 2.13. The minimum Gasteiger partial charge on any atom is -0.479 e. The first-order chi connectivity index (χ1) is 9.08. The van der Waals surface area contributed by atoms with E-state index >= 15 is 0 Å². The summed E-state index contributed by atoms with van der Waals surface area (Å²) in [6.45, 7) is 2.78. The van der Waals surface area contributed by atoms with Crippen molar-refractivity contribution in [2.45, 2.75) is 19.4 Å². The summed E-state index contributed by atoms with van der Waals surface area (Å²) < 4.78 is 5.11. The summed E-state index contributed by atoms with van der Waals surface area (Å²) >= 11 is 1.63. The van der Waals surface area contributed by atoms with Gasteiger partial charge in [-0.1, -0.05) is 13.0 Å². The lowest BCUT2D eigenvalue weighted by Gasteiger charge is -2.32. The van der Waals surface area contributed by atoms with Crippen LogP contribution in [0.1, 0.15) is 11.8 Å². The maximum Gasteiger partial charge on any atom is 0.334 e. The Morgan fingerprint density at radius 2 is 2.42 bits per heavy atom. The molecule has 0 bridgehead atoms. The van der Waals surface area contributed by atoms with Crippen LogP contribution in [0.5, 0.6) is 0 Å². The molecule has 0 aromatic carbocycles. The number of hydrogen-bond acceptors (Lipinski definition) is 4. The van der Waals surface area contributed by atoms with Gasteiger partial charge in [0, 0.05) is 17.3 Å². The third-order valence-electron chi connectivity index (χ3n) is 3.16. The lowest BCUT2D eigenvalue weighted by molar-refractivity contribution is -0.160. The van der Waals surface area contributed by atoms with Gasteiger partial charge in [-0.25, -0.2) is 4.79 Å². The number of aliphatic carboxylic acids is 1. The van der Waals surface area contributed by atoms with Crippen molar-refractivity contribution in [3.63, 3.8) is 0 Å². The average Bonchev–Trinajstić information content (AvgIpc) is 2.90. The van der Waals surface area contributed by atoms with Crippen LogP contribution in [0.25, 0.3) is 0 Å². The van der Waals surface area contributed by atoms with Crippen LogP contribution in [0.4, 0.5) is 0 Å². The van der Waals surface area contributed by atoms with Crippen molar-refractivity contribution >= 4 is 23.2 Å². The number of morpholine rings is 1. The molecular formula is C13H17NO4S. The number of hydrogen-bond donors (Lipinski definition) is 1. The second-order valence-corrected chi connectivity index (χ2v) is 5.70. The van der Waals surface area contributed by atoms with Crippen LogP contribution < -0.4 is 0 Å². The molecule has 0 saturated carbocycles. The summed E-state index contributed by atoms with van der Waals surface area (Å²) in [4.78, 5) is 25.9. The van der Waals surface area contributed by atoms with E-state index in [0.717, 1.165) is 0 Å². The van der Waals surface area contributed by atoms with Gasteiger partial charge in [0.25, 0.3) is 0 Å². The minimum absolute atomic E-state index is 0.00273. The molecular weight excluding hydrogens is 266 g/mol. The summed E-state index contributed by atoms with van der Waals surface area (Å²) in [6.07, 6.45) is -0.197. The zero-order valence-electron chi connectivity index (χ0n) is 10.7. The van der Waals surface area contributed by atoms with Gasteiger partial charge >= 0.3 is 5.97 Å². The molecule has 104 valence electrons. The number of carbonyl (C=O) groups is 2. The Balaban J connectivity index is 1.93. The molecule has 0 radical (unpaired) electrons. The fourth-order valence-corrected chi connectivity index (χ4v) is 2.96. The van der Waals surface area contributed by atoms with Crippen LogP contribution in [-0.2, 0) is 20.7 Å². The molecule has 5 nitrogen and oxygen atoms in total. The van der Waals surface area contributed by atoms with E-state index in [1.807, 2.05) is 24.4 Å². The number of carboxylic acid groups (broad SMARTS) is 1. The maximum atomic E-state index is 12.3. The second-order valence-electron chi connectivity index (χ2n) is 4.67. The molecule has 0 aliphatic carbocycles. The van der Waals surface area contributed by atoms with E-state index in [-0.39, 0.29) is 25.0 Å². The zero-order valence-corrected chi connectivity index (χ0v) is 11.6. The standard InChI is InChI=1S/C13H17NO4S/c1-9(7-10-3-2-6-19-10)12(15)14-4-5-18-11(8-14)13(16)17/h2-3,6,9,11H,4-5,7-8H2,1H3,(H,16,17)/t9-,11+/m1/s1. The zero-order chi connectivity index (χ0) is 13.8. The Hall–Kier alpha value is -1.40. The topological polar surface area (TPSA) is 66.8 Å². The molecule has 0 unspecified atom stereocenters. The number of carbonyl (C=O) groups excluding carboxylic acids is 1. The van der Waals surface area contributed by atoms with E-state index in [4.69, 9.17) is 9.84 Å². The minimum atomic E-state index is -1.01. The summed E-state index contributed by atoms with van der Waals surface area (Å²) in [7, 11) is 0. The SMILES string of the molecule is C[C@H](Cc1cccs1)C(=O)N1CCO[C@H](C(=O)O)C1. The van der Waals surface area contributed by atoms with E-state index < -0.39 is 12.1 Å². The van der Waals surface area contributed by atoms with Gasteiger partial charge in [0.1, 0.15) is 0 Å². The van der Waals surface area contributed by atoms with Crippen LogP contribution in [0.2, 0.25) is 0 Å². The number of ether oxygens (including phenoxy) is 1. The third-order valence-corrected chi connectivity index (χ3v) is 4.06. The van der Waals surface area contributed by atoms with Gasteiger partial charge in [-0.05, 0) is 17.9 Å². The average molecular weight is 283 g/mol. The highest BCUT2D eigenvalue weighted by atomic mass is 32.1. The second kappa shape index (κ2) is 6.16. The lowest BCUT2D eigenvalue weighted by Crippen LogP contribution is -2.50. The first kappa shape index (κ1) is 14.0. The Morgan fingerprint density at radius 1 is 1.63 bits per heavy atom. The van der Waals surface area contributed by atoms with E-state index in [0.29, 0.717) is 13.0 Å². The van der Waals surface area contributed by atoms with Crippen LogP contribution >= 0.6 is 11.3 Å². The Kier molecular flexibility index (Phi) is 4.55. The van der Waals surface area contributed by atoms with E-state index in [9.17, 15) is 9.59 Å². The number of amides is 1. The van der Waals surface area contributed by atoms with Gasteiger partial charge in [-0.3, -0.25) is 4.79 Å². The smallest absolute Gasteiger partial charge is 0.334 e. The molecule has 1 aliphatic rings. The van der Waals surface area contributed by atoms with Crippen molar-refractivity contribution in [2.75, 3.05) is 19.7 Å². The summed E-state index contributed by atoms with van der Waals surface area (Å²) in [5.74, 6) is -1.14. The quantitative estimate of drug-likeness (QED) is 0.903. The predicted octanol–water partition coefficient (Wildman–Crippen LogP) is 1.24. The fraction of sp³-hybridized carbons (Fsp3) is 0.538. The normalized spacial score (nSPS) is 21.1. The molecule has 1 fully saturated rings. The first-order valence-electron chi connectivity index (χ1n) is 6.23. The van der Waals surface area contributed by atoms with Crippen molar-refractivity contribution < 1.29 is 19.4 Å². The van der Waals surface area contributed by atoms with Crippen molar-refractivity contribution in [1.82, 2.24) is 4.90 Å². The van der Waals surface area contributed by atoms with E-state index in [1.54, 1.807) is 16.2 Å². The van der Waals surface area contributed by atoms with Crippen LogP contribution in [0.3, 0.4) is 0 Å². The Morgan fingerprint density at radius 3 is 3.05 bits per heavy atom. The molecule has 1 aromatic rings. The summed E-state index contributed by atoms with van der Waals surface area (Å²) in [5, 5.41) is 10.9. The number of nitrogens with zero attached hydrogens (tertiary/aromatic N) is 1. The van der Waals surface area contributed by atoms with Crippen LogP contribution in [-0.4, -0.2) is 47.7 Å². The highest BCUT2D eigenvalue weighted by Crippen LogP contribution is 2.17. The monoisotopic (exact) mass is 283 g/mol. The van der Waals surface area contributed by atoms with Crippen molar-refractivity contribution in [1.29, 1.82) is 0 Å². The molecule has 19 heavy (non-hydrogen) atoms.